The van der Waals surface area contributed by atoms with Crippen LogP contribution in [0.2, 0.25) is 0 Å². The first-order valence-corrected chi connectivity index (χ1v) is 9.18. The smallest absolute Gasteiger partial charge is 0.319 e. The van der Waals surface area contributed by atoms with Crippen molar-refractivity contribution in [1.82, 2.24) is 14.8 Å². The Hall–Kier alpha value is -4.01. The highest BCUT2D eigenvalue weighted by atomic mass is 19.4. The predicted octanol–water partition coefficient (Wildman–Crippen LogP) is 4.36. The zero-order valence-corrected chi connectivity index (χ0v) is 16.1. The monoisotopic (exact) mass is 424 g/mol. The molecule has 0 saturated carbocycles. The van der Waals surface area contributed by atoms with E-state index in [2.05, 4.69) is 15.4 Å². The third-order valence-electron chi connectivity index (χ3n) is 4.62. The summed E-state index contributed by atoms with van der Waals surface area (Å²) in [6, 6.07) is 14.4. The molecule has 2 aromatic heterocycles. The van der Waals surface area contributed by atoms with Crippen molar-refractivity contribution in [2.75, 3.05) is 5.32 Å². The average Bonchev–Trinajstić information content (AvgIpc) is 2.73. The van der Waals surface area contributed by atoms with E-state index in [0.29, 0.717) is 11.2 Å². The number of halogens is 3. The van der Waals surface area contributed by atoms with Gasteiger partial charge in [0.15, 0.2) is 5.69 Å². The van der Waals surface area contributed by atoms with E-state index in [9.17, 15) is 22.8 Å². The molecule has 0 atom stereocenters. The number of rotatable bonds is 3. The van der Waals surface area contributed by atoms with Crippen LogP contribution in [-0.2, 0) is 6.18 Å². The molecule has 156 valence electrons. The van der Waals surface area contributed by atoms with Crippen LogP contribution in [0.25, 0.3) is 16.6 Å². The fourth-order valence-corrected chi connectivity index (χ4v) is 3.17. The number of para-hydroxylation sites is 1. The second-order valence-corrected chi connectivity index (χ2v) is 6.79. The SMILES string of the molecule is Cc1cc(=O)c(C(=O)Nc2cccc3cccnc23)nn1-c1cccc(C(F)(F)F)c1. The molecule has 6 nitrogen and oxygen atoms in total. The summed E-state index contributed by atoms with van der Waals surface area (Å²) in [6.07, 6.45) is -2.97. The molecule has 0 aliphatic carbocycles. The quantitative estimate of drug-likeness (QED) is 0.530. The highest BCUT2D eigenvalue weighted by molar-refractivity contribution is 6.07. The third-order valence-corrected chi connectivity index (χ3v) is 4.62. The van der Waals surface area contributed by atoms with Gasteiger partial charge in [0.2, 0.25) is 5.43 Å². The number of anilines is 1. The molecule has 9 heteroatoms. The molecule has 31 heavy (non-hydrogen) atoms. The third kappa shape index (κ3) is 4.02. The summed E-state index contributed by atoms with van der Waals surface area (Å²) < 4.78 is 40.4. The highest BCUT2D eigenvalue weighted by Crippen LogP contribution is 2.30. The molecular formula is C22H15F3N4O2. The van der Waals surface area contributed by atoms with Crippen LogP contribution in [0.1, 0.15) is 21.7 Å². The second kappa shape index (κ2) is 7.67. The fourth-order valence-electron chi connectivity index (χ4n) is 3.17. The van der Waals surface area contributed by atoms with Gasteiger partial charge in [0.25, 0.3) is 5.91 Å². The Morgan fingerprint density at radius 2 is 1.77 bits per heavy atom. The van der Waals surface area contributed by atoms with Crippen molar-refractivity contribution in [3.63, 3.8) is 0 Å². The molecule has 1 N–H and O–H groups in total. The molecule has 0 unspecified atom stereocenters. The number of alkyl halides is 3. The first-order valence-electron chi connectivity index (χ1n) is 9.18. The molecule has 0 aliphatic heterocycles. The first kappa shape index (κ1) is 20.3. The number of aryl methyl sites for hydroxylation is 1. The van der Waals surface area contributed by atoms with E-state index in [-0.39, 0.29) is 11.4 Å². The van der Waals surface area contributed by atoms with Crippen LogP contribution in [0.5, 0.6) is 0 Å². The molecule has 0 spiro atoms. The molecular weight excluding hydrogens is 409 g/mol. The highest BCUT2D eigenvalue weighted by Gasteiger charge is 2.30. The maximum atomic E-state index is 13.1. The van der Waals surface area contributed by atoms with Crippen LogP contribution < -0.4 is 10.7 Å². The first-order chi connectivity index (χ1) is 14.7. The molecule has 4 rings (SSSR count). The van der Waals surface area contributed by atoms with Crippen molar-refractivity contribution in [3.05, 3.63) is 94.0 Å². The number of hydrogen-bond donors (Lipinski definition) is 1. The summed E-state index contributed by atoms with van der Waals surface area (Å²) >= 11 is 0. The maximum Gasteiger partial charge on any atom is 0.416 e. The summed E-state index contributed by atoms with van der Waals surface area (Å²) in [5.74, 6) is -0.788. The summed E-state index contributed by atoms with van der Waals surface area (Å²) in [4.78, 5) is 29.5. The van der Waals surface area contributed by atoms with Crippen molar-refractivity contribution in [1.29, 1.82) is 0 Å². The van der Waals surface area contributed by atoms with Gasteiger partial charge in [-0.25, -0.2) is 4.68 Å². The number of benzene rings is 2. The number of nitrogens with one attached hydrogen (secondary N) is 1. The topological polar surface area (TPSA) is 76.9 Å². The number of nitrogens with zero attached hydrogens (tertiary/aromatic N) is 3. The average molecular weight is 424 g/mol. The lowest BCUT2D eigenvalue weighted by atomic mass is 10.2. The summed E-state index contributed by atoms with van der Waals surface area (Å²) in [6.45, 7) is 1.52. The number of fused-ring (bicyclic) bond motifs is 1. The predicted molar refractivity (Wildman–Crippen MR) is 109 cm³/mol. The van der Waals surface area contributed by atoms with Gasteiger partial charge in [0, 0.05) is 23.3 Å². The lowest BCUT2D eigenvalue weighted by molar-refractivity contribution is -0.137. The van der Waals surface area contributed by atoms with Gasteiger partial charge in [0.05, 0.1) is 22.5 Å². The minimum Gasteiger partial charge on any atom is -0.319 e. The number of amides is 1. The summed E-state index contributed by atoms with van der Waals surface area (Å²) in [5, 5.41) is 7.45. The van der Waals surface area contributed by atoms with Gasteiger partial charge in [0.1, 0.15) is 0 Å². The Morgan fingerprint density at radius 3 is 2.55 bits per heavy atom. The molecule has 1 amide bonds. The van der Waals surface area contributed by atoms with Gasteiger partial charge in [-0.2, -0.15) is 18.3 Å². The Balaban J connectivity index is 1.75. The van der Waals surface area contributed by atoms with Crippen LogP contribution in [-0.4, -0.2) is 20.7 Å². The number of aromatic nitrogens is 3. The number of hydrogen-bond acceptors (Lipinski definition) is 4. The zero-order valence-electron chi connectivity index (χ0n) is 16.1. The largest absolute Gasteiger partial charge is 0.416 e. The zero-order chi connectivity index (χ0) is 22.2. The molecule has 2 heterocycles. The number of carbonyl (C=O) groups excluding carboxylic acids is 1. The van der Waals surface area contributed by atoms with Gasteiger partial charge in [-0.15, -0.1) is 0 Å². The lowest BCUT2D eigenvalue weighted by Crippen LogP contribution is -2.27. The number of pyridine rings is 1. The van der Waals surface area contributed by atoms with E-state index in [0.717, 1.165) is 28.3 Å². The van der Waals surface area contributed by atoms with Gasteiger partial charge < -0.3 is 5.32 Å². The molecule has 2 aromatic carbocycles. The van der Waals surface area contributed by atoms with E-state index in [1.807, 2.05) is 12.1 Å². The van der Waals surface area contributed by atoms with Crippen molar-refractivity contribution >= 4 is 22.5 Å². The van der Waals surface area contributed by atoms with Crippen LogP contribution >= 0.6 is 0 Å². The van der Waals surface area contributed by atoms with Crippen molar-refractivity contribution in [2.24, 2.45) is 0 Å². The Kier molecular flexibility index (Phi) is 5.02. The maximum absolute atomic E-state index is 13.1. The molecule has 4 aromatic rings. The van der Waals surface area contributed by atoms with E-state index in [1.54, 1.807) is 24.4 Å². The van der Waals surface area contributed by atoms with Crippen molar-refractivity contribution in [2.45, 2.75) is 13.1 Å². The van der Waals surface area contributed by atoms with Gasteiger partial charge in [-0.05, 0) is 37.3 Å². The normalized spacial score (nSPS) is 11.5. The van der Waals surface area contributed by atoms with Gasteiger partial charge in [-0.3, -0.25) is 14.6 Å². The van der Waals surface area contributed by atoms with Crippen LogP contribution in [0, 0.1) is 6.92 Å². The van der Waals surface area contributed by atoms with Gasteiger partial charge >= 0.3 is 6.18 Å². The Morgan fingerprint density at radius 1 is 1.03 bits per heavy atom. The molecule has 0 bridgehead atoms. The molecule has 0 aliphatic rings. The van der Waals surface area contributed by atoms with Crippen LogP contribution in [0.15, 0.2) is 71.7 Å². The molecule has 0 saturated heterocycles. The van der Waals surface area contributed by atoms with Gasteiger partial charge in [-0.1, -0.05) is 24.3 Å². The van der Waals surface area contributed by atoms with Crippen molar-refractivity contribution < 1.29 is 18.0 Å². The Labute approximate surface area is 174 Å². The summed E-state index contributed by atoms with van der Waals surface area (Å²) in [7, 11) is 0. The number of carbonyl (C=O) groups is 1. The Bertz CT molecular complexity index is 1360. The van der Waals surface area contributed by atoms with Crippen LogP contribution in [0.4, 0.5) is 18.9 Å². The standard InChI is InChI=1S/C22H15F3N4O2/c1-13-11-18(30)20(28-29(13)16-8-3-7-15(12-16)22(23,24)25)21(31)27-17-9-2-5-14-6-4-10-26-19(14)17/h2-12H,1H3,(H,27,31). The minimum absolute atomic E-state index is 0.0770. The van der Waals surface area contributed by atoms with Crippen molar-refractivity contribution in [3.8, 4) is 5.69 Å². The van der Waals surface area contributed by atoms with E-state index in [4.69, 9.17) is 0 Å². The summed E-state index contributed by atoms with van der Waals surface area (Å²) in [5.41, 5.74) is -0.680. The second-order valence-electron chi connectivity index (χ2n) is 6.79. The molecule has 0 radical (unpaired) electrons. The van der Waals surface area contributed by atoms with E-state index < -0.39 is 28.8 Å². The lowest BCUT2D eigenvalue weighted by Gasteiger charge is -2.14. The fraction of sp³-hybridized carbons (Fsp3) is 0.0909. The van der Waals surface area contributed by atoms with Crippen LogP contribution in [0.3, 0.4) is 0 Å². The molecule has 0 fully saturated rings. The van der Waals surface area contributed by atoms with E-state index >= 15 is 0 Å². The van der Waals surface area contributed by atoms with E-state index in [1.165, 1.54) is 19.1 Å². The minimum atomic E-state index is -4.54.